The molecule has 0 atom stereocenters. The van der Waals surface area contributed by atoms with Crippen LogP contribution >= 0.6 is 0 Å². The van der Waals surface area contributed by atoms with E-state index in [1.54, 1.807) is 4.90 Å². The largest absolute Gasteiger partial charge is 0.463 e. The molecule has 1 aromatic rings. The molecule has 1 heterocycles. The summed E-state index contributed by atoms with van der Waals surface area (Å²) in [7, 11) is 3.70. The van der Waals surface area contributed by atoms with Crippen molar-refractivity contribution in [3.63, 3.8) is 0 Å². The van der Waals surface area contributed by atoms with E-state index in [0.29, 0.717) is 24.9 Å². The molecular weight excluding hydrogens is 222 g/mol. The van der Waals surface area contributed by atoms with Gasteiger partial charge in [-0.3, -0.25) is 0 Å². The van der Waals surface area contributed by atoms with Crippen molar-refractivity contribution in [2.45, 2.75) is 13.3 Å². The number of anilines is 2. The standard InChI is InChI=1S/C10H19N5O2/c1-4-11-8-12-9(15(2)3)14-10(13-8)17-7-5-6-16/h16H,4-7H2,1-3H3,(H,11,12,13,14). The maximum atomic E-state index is 8.67. The molecule has 0 bridgehead atoms. The maximum Gasteiger partial charge on any atom is 0.323 e. The van der Waals surface area contributed by atoms with E-state index in [1.165, 1.54) is 0 Å². The molecule has 1 aromatic heterocycles. The third kappa shape index (κ3) is 4.39. The molecule has 7 nitrogen and oxygen atoms in total. The number of nitrogens with zero attached hydrogens (tertiary/aromatic N) is 4. The fourth-order valence-electron chi connectivity index (χ4n) is 1.08. The van der Waals surface area contributed by atoms with Gasteiger partial charge in [-0.1, -0.05) is 0 Å². The van der Waals surface area contributed by atoms with E-state index in [2.05, 4.69) is 20.3 Å². The van der Waals surface area contributed by atoms with Crippen molar-refractivity contribution in [2.24, 2.45) is 0 Å². The molecular formula is C10H19N5O2. The highest BCUT2D eigenvalue weighted by atomic mass is 16.5. The van der Waals surface area contributed by atoms with E-state index >= 15 is 0 Å². The summed E-state index contributed by atoms with van der Waals surface area (Å²) in [4.78, 5) is 14.3. The smallest absolute Gasteiger partial charge is 0.323 e. The zero-order valence-corrected chi connectivity index (χ0v) is 10.5. The lowest BCUT2D eigenvalue weighted by Crippen LogP contribution is -2.16. The number of aliphatic hydroxyl groups excluding tert-OH is 1. The van der Waals surface area contributed by atoms with Crippen LogP contribution in [-0.2, 0) is 0 Å². The van der Waals surface area contributed by atoms with Gasteiger partial charge in [0.1, 0.15) is 0 Å². The van der Waals surface area contributed by atoms with E-state index in [4.69, 9.17) is 9.84 Å². The molecule has 0 saturated heterocycles. The second-order valence-corrected chi connectivity index (χ2v) is 3.59. The molecule has 7 heteroatoms. The van der Waals surface area contributed by atoms with E-state index in [1.807, 2.05) is 21.0 Å². The third-order valence-electron chi connectivity index (χ3n) is 1.87. The van der Waals surface area contributed by atoms with Crippen molar-refractivity contribution in [2.75, 3.05) is 44.1 Å². The number of ether oxygens (including phenoxy) is 1. The summed E-state index contributed by atoms with van der Waals surface area (Å²) in [6, 6.07) is 0.271. The van der Waals surface area contributed by atoms with Crippen LogP contribution in [0.1, 0.15) is 13.3 Å². The maximum absolute atomic E-state index is 8.67. The van der Waals surface area contributed by atoms with Gasteiger partial charge in [-0.15, -0.1) is 0 Å². The van der Waals surface area contributed by atoms with Gasteiger partial charge in [0.25, 0.3) is 0 Å². The first-order valence-electron chi connectivity index (χ1n) is 5.58. The Morgan fingerprint density at radius 3 is 2.65 bits per heavy atom. The monoisotopic (exact) mass is 241 g/mol. The third-order valence-corrected chi connectivity index (χ3v) is 1.87. The summed E-state index contributed by atoms with van der Waals surface area (Å²) in [5, 5.41) is 11.7. The van der Waals surface area contributed by atoms with Gasteiger partial charge in [0.2, 0.25) is 11.9 Å². The summed E-state index contributed by atoms with van der Waals surface area (Å²) >= 11 is 0. The Bertz CT molecular complexity index is 345. The van der Waals surface area contributed by atoms with Gasteiger partial charge in [-0.2, -0.15) is 15.0 Å². The first-order chi connectivity index (χ1) is 8.17. The Morgan fingerprint density at radius 1 is 1.29 bits per heavy atom. The van der Waals surface area contributed by atoms with Crippen molar-refractivity contribution in [1.82, 2.24) is 15.0 Å². The van der Waals surface area contributed by atoms with E-state index < -0.39 is 0 Å². The molecule has 96 valence electrons. The lowest BCUT2D eigenvalue weighted by atomic mass is 10.5. The zero-order valence-electron chi connectivity index (χ0n) is 10.5. The molecule has 0 aliphatic carbocycles. The quantitative estimate of drug-likeness (QED) is 0.656. The molecule has 0 aromatic carbocycles. The van der Waals surface area contributed by atoms with Crippen LogP contribution in [0.25, 0.3) is 0 Å². The normalized spacial score (nSPS) is 10.1. The molecule has 0 fully saturated rings. The highest BCUT2D eigenvalue weighted by Crippen LogP contribution is 2.12. The van der Waals surface area contributed by atoms with Crippen LogP contribution in [0.3, 0.4) is 0 Å². The van der Waals surface area contributed by atoms with Crippen LogP contribution in [0, 0.1) is 0 Å². The minimum Gasteiger partial charge on any atom is -0.463 e. The molecule has 0 unspecified atom stereocenters. The minimum atomic E-state index is 0.0890. The Morgan fingerprint density at radius 2 is 2.06 bits per heavy atom. The van der Waals surface area contributed by atoms with Crippen molar-refractivity contribution < 1.29 is 9.84 Å². The Labute approximate surface area is 101 Å². The zero-order chi connectivity index (χ0) is 12.7. The second-order valence-electron chi connectivity index (χ2n) is 3.59. The number of aromatic nitrogens is 3. The van der Waals surface area contributed by atoms with Crippen molar-refractivity contribution in [3.05, 3.63) is 0 Å². The molecule has 2 N–H and O–H groups in total. The van der Waals surface area contributed by atoms with Crippen LogP contribution < -0.4 is 15.0 Å². The van der Waals surface area contributed by atoms with Crippen molar-refractivity contribution >= 4 is 11.9 Å². The number of rotatable bonds is 7. The van der Waals surface area contributed by atoms with Crippen LogP contribution in [0.4, 0.5) is 11.9 Å². The summed E-state index contributed by atoms with van der Waals surface area (Å²) in [5.74, 6) is 1.03. The molecule has 0 amide bonds. The van der Waals surface area contributed by atoms with E-state index in [0.717, 1.165) is 6.54 Å². The molecule has 0 aliphatic heterocycles. The van der Waals surface area contributed by atoms with E-state index in [-0.39, 0.29) is 12.6 Å². The fourth-order valence-corrected chi connectivity index (χ4v) is 1.08. The number of hydrogen-bond donors (Lipinski definition) is 2. The van der Waals surface area contributed by atoms with Crippen molar-refractivity contribution in [3.8, 4) is 6.01 Å². The average Bonchev–Trinajstić information content (AvgIpc) is 2.29. The van der Waals surface area contributed by atoms with Crippen LogP contribution in [0.5, 0.6) is 6.01 Å². The first kappa shape index (κ1) is 13.4. The lowest BCUT2D eigenvalue weighted by molar-refractivity contribution is 0.224. The Kier molecular flexibility index (Phi) is 5.41. The SMILES string of the molecule is CCNc1nc(OCCCO)nc(N(C)C)n1. The lowest BCUT2D eigenvalue weighted by Gasteiger charge is -2.13. The Balaban J connectivity index is 2.79. The summed E-state index contributed by atoms with van der Waals surface area (Å²) in [5.41, 5.74) is 0. The number of nitrogens with one attached hydrogen (secondary N) is 1. The van der Waals surface area contributed by atoms with Gasteiger partial charge < -0.3 is 20.1 Å². The number of aliphatic hydroxyl groups is 1. The predicted molar refractivity (Wildman–Crippen MR) is 65.5 cm³/mol. The molecule has 17 heavy (non-hydrogen) atoms. The predicted octanol–water partition coefficient (Wildman–Crippen LogP) is 0.131. The van der Waals surface area contributed by atoms with Gasteiger partial charge >= 0.3 is 6.01 Å². The summed E-state index contributed by atoms with van der Waals surface area (Å²) in [6.45, 7) is 3.17. The van der Waals surface area contributed by atoms with Crippen LogP contribution in [0.15, 0.2) is 0 Å². The summed E-state index contributed by atoms with van der Waals surface area (Å²) in [6.07, 6.45) is 0.555. The topological polar surface area (TPSA) is 83.4 Å². The highest BCUT2D eigenvalue weighted by Gasteiger charge is 2.08. The second kappa shape index (κ2) is 6.85. The Hall–Kier alpha value is -1.63. The highest BCUT2D eigenvalue weighted by molar-refractivity contribution is 5.36. The van der Waals surface area contributed by atoms with Gasteiger partial charge in [0.05, 0.1) is 6.61 Å². The molecule has 1 rings (SSSR count). The molecule has 0 saturated carbocycles. The van der Waals surface area contributed by atoms with Gasteiger partial charge in [0.15, 0.2) is 0 Å². The van der Waals surface area contributed by atoms with Crippen LogP contribution in [-0.4, -0.2) is 53.9 Å². The molecule has 0 spiro atoms. The van der Waals surface area contributed by atoms with Gasteiger partial charge in [-0.05, 0) is 6.92 Å². The fraction of sp³-hybridized carbons (Fsp3) is 0.700. The van der Waals surface area contributed by atoms with Gasteiger partial charge in [-0.25, -0.2) is 0 Å². The summed E-state index contributed by atoms with van der Waals surface area (Å²) < 4.78 is 5.34. The molecule has 0 aliphatic rings. The van der Waals surface area contributed by atoms with Crippen molar-refractivity contribution in [1.29, 1.82) is 0 Å². The van der Waals surface area contributed by atoms with E-state index in [9.17, 15) is 0 Å². The average molecular weight is 241 g/mol. The minimum absolute atomic E-state index is 0.0890. The molecule has 0 radical (unpaired) electrons. The van der Waals surface area contributed by atoms with Gasteiger partial charge in [0, 0.05) is 33.7 Å². The number of hydrogen-bond acceptors (Lipinski definition) is 7. The first-order valence-corrected chi connectivity index (χ1v) is 5.58. The van der Waals surface area contributed by atoms with Crippen LogP contribution in [0.2, 0.25) is 0 Å².